The number of thioether (sulfide) groups is 1. The Labute approximate surface area is 66.0 Å². The predicted molar refractivity (Wildman–Crippen MR) is 46.2 cm³/mol. The third-order valence-electron chi connectivity index (χ3n) is 0.767. The molecule has 0 saturated carbocycles. The van der Waals surface area contributed by atoms with Crippen molar-refractivity contribution in [2.24, 2.45) is 0 Å². The summed E-state index contributed by atoms with van der Waals surface area (Å²) in [4.78, 5) is 10.8. The summed E-state index contributed by atoms with van der Waals surface area (Å²) in [7, 11) is 0. The molecule has 1 nitrogen and oxygen atoms in total. The van der Waals surface area contributed by atoms with E-state index in [0.717, 1.165) is 5.75 Å². The monoisotopic (exact) mass is 164 g/mol. The average molecular weight is 164 g/mol. The van der Waals surface area contributed by atoms with Gasteiger partial charge in [-0.2, -0.15) is 12.6 Å². The Morgan fingerprint density at radius 3 is 2.67 bits per heavy atom. The molecule has 0 rings (SSSR count). The van der Waals surface area contributed by atoms with Gasteiger partial charge < -0.3 is 0 Å². The zero-order chi connectivity index (χ0) is 7.28. The molecule has 0 aliphatic carbocycles. The first-order valence-corrected chi connectivity index (χ1v) is 4.50. The van der Waals surface area contributed by atoms with Crippen LogP contribution in [0.25, 0.3) is 0 Å². The first kappa shape index (κ1) is 9.37. The lowest BCUT2D eigenvalue weighted by Gasteiger charge is -1.99. The Hall–Kier alpha value is 0.370. The Kier molecular flexibility index (Phi) is 5.39. The number of thiol groups is 1. The molecule has 0 aliphatic heterocycles. The topological polar surface area (TPSA) is 17.1 Å². The minimum absolute atomic E-state index is 0.205. The van der Waals surface area contributed by atoms with E-state index in [4.69, 9.17) is 0 Å². The Morgan fingerprint density at radius 1 is 1.78 bits per heavy atom. The number of hydrogen-bond acceptors (Lipinski definition) is 3. The second kappa shape index (κ2) is 5.18. The normalized spacial score (nSPS) is 13.2. The van der Waals surface area contributed by atoms with Crippen LogP contribution >= 0.6 is 24.4 Å². The summed E-state index contributed by atoms with van der Waals surface area (Å²) in [5.74, 6) is 0.874. The molecule has 0 spiro atoms. The number of rotatable bonds is 3. The van der Waals surface area contributed by atoms with E-state index in [9.17, 15) is 4.79 Å². The van der Waals surface area contributed by atoms with E-state index in [2.05, 4.69) is 12.6 Å². The molecule has 0 amide bonds. The van der Waals surface area contributed by atoms with E-state index < -0.39 is 0 Å². The van der Waals surface area contributed by atoms with Gasteiger partial charge in [0.05, 0.1) is 0 Å². The second-order valence-corrected chi connectivity index (χ2v) is 4.06. The van der Waals surface area contributed by atoms with Gasteiger partial charge in [-0.1, -0.05) is 25.6 Å². The standard InChI is InChI=1S/C6H12OS2/c1-3-9-6(7)4-5(2)8/h5,8H,3-4H2,1-2H3. The molecule has 0 aromatic heterocycles. The fraction of sp³-hybridized carbons (Fsp3) is 0.833. The molecule has 0 fully saturated rings. The molecule has 0 saturated heterocycles. The lowest BCUT2D eigenvalue weighted by atomic mass is 10.4. The van der Waals surface area contributed by atoms with Gasteiger partial charge in [0.1, 0.15) is 0 Å². The molecule has 0 radical (unpaired) electrons. The highest BCUT2D eigenvalue weighted by Crippen LogP contribution is 2.09. The minimum Gasteiger partial charge on any atom is -0.287 e. The van der Waals surface area contributed by atoms with Crippen LogP contribution in [-0.4, -0.2) is 16.1 Å². The van der Waals surface area contributed by atoms with Gasteiger partial charge in [-0.15, -0.1) is 0 Å². The van der Waals surface area contributed by atoms with Crippen LogP contribution in [0.15, 0.2) is 0 Å². The molecular weight excluding hydrogens is 152 g/mol. The maximum Gasteiger partial charge on any atom is 0.190 e. The van der Waals surface area contributed by atoms with Crippen LogP contribution < -0.4 is 0 Å². The summed E-state index contributed by atoms with van der Waals surface area (Å²) in [5.41, 5.74) is 0. The van der Waals surface area contributed by atoms with Gasteiger partial charge >= 0.3 is 0 Å². The highest BCUT2D eigenvalue weighted by Gasteiger charge is 2.03. The van der Waals surface area contributed by atoms with E-state index in [1.807, 2.05) is 13.8 Å². The van der Waals surface area contributed by atoms with Crippen LogP contribution in [0.2, 0.25) is 0 Å². The third kappa shape index (κ3) is 6.25. The second-order valence-electron chi connectivity index (χ2n) is 1.86. The zero-order valence-electron chi connectivity index (χ0n) is 5.76. The van der Waals surface area contributed by atoms with Crippen LogP contribution in [0, 0.1) is 0 Å². The first-order chi connectivity index (χ1) is 4.16. The summed E-state index contributed by atoms with van der Waals surface area (Å²) in [6.45, 7) is 3.91. The average Bonchev–Trinajstić information content (AvgIpc) is 1.63. The molecule has 0 bridgehead atoms. The summed E-state index contributed by atoms with van der Waals surface area (Å²) in [5, 5.41) is 0.455. The van der Waals surface area contributed by atoms with Gasteiger partial charge in [-0.25, -0.2) is 0 Å². The van der Waals surface area contributed by atoms with Gasteiger partial charge in [0, 0.05) is 11.7 Å². The Morgan fingerprint density at radius 2 is 2.33 bits per heavy atom. The minimum atomic E-state index is 0.205. The summed E-state index contributed by atoms with van der Waals surface area (Å²) >= 11 is 5.47. The van der Waals surface area contributed by atoms with Crippen LogP contribution in [0.5, 0.6) is 0 Å². The smallest absolute Gasteiger partial charge is 0.190 e. The highest BCUT2D eigenvalue weighted by molar-refractivity contribution is 8.13. The molecule has 3 heteroatoms. The molecule has 0 N–H and O–H groups in total. The fourth-order valence-electron chi connectivity index (χ4n) is 0.461. The molecule has 54 valence electrons. The lowest BCUT2D eigenvalue weighted by Crippen LogP contribution is -2.00. The van der Waals surface area contributed by atoms with Gasteiger partial charge in [0.15, 0.2) is 5.12 Å². The van der Waals surface area contributed by atoms with Crippen molar-refractivity contribution in [3.05, 3.63) is 0 Å². The van der Waals surface area contributed by atoms with E-state index in [0.29, 0.717) is 6.42 Å². The molecule has 1 atom stereocenters. The van der Waals surface area contributed by atoms with E-state index in [-0.39, 0.29) is 10.4 Å². The van der Waals surface area contributed by atoms with Gasteiger partial charge in [-0.3, -0.25) is 4.79 Å². The largest absolute Gasteiger partial charge is 0.287 e. The summed E-state index contributed by atoms with van der Waals surface area (Å²) < 4.78 is 0. The highest BCUT2D eigenvalue weighted by atomic mass is 32.2. The Bertz CT molecular complexity index is 91.1. The zero-order valence-corrected chi connectivity index (χ0v) is 7.47. The summed E-state index contributed by atoms with van der Waals surface area (Å²) in [6, 6.07) is 0. The van der Waals surface area contributed by atoms with Crippen LogP contribution in [0.4, 0.5) is 0 Å². The molecule has 0 aliphatic rings. The van der Waals surface area contributed by atoms with Crippen LogP contribution in [0.3, 0.4) is 0 Å². The fourth-order valence-corrected chi connectivity index (χ4v) is 1.44. The molecule has 0 aromatic rings. The maximum absolute atomic E-state index is 10.8. The number of carbonyl (C=O) groups is 1. The van der Waals surface area contributed by atoms with Gasteiger partial charge in [0.25, 0.3) is 0 Å². The quantitative estimate of drug-likeness (QED) is 0.642. The summed E-state index contributed by atoms with van der Waals surface area (Å²) in [6.07, 6.45) is 0.585. The van der Waals surface area contributed by atoms with Crippen molar-refractivity contribution < 1.29 is 4.79 Å². The molecule has 9 heavy (non-hydrogen) atoms. The van der Waals surface area contributed by atoms with Crippen molar-refractivity contribution >= 4 is 29.5 Å². The van der Waals surface area contributed by atoms with Crippen molar-refractivity contribution in [1.29, 1.82) is 0 Å². The molecular formula is C6H12OS2. The maximum atomic E-state index is 10.8. The van der Waals surface area contributed by atoms with Gasteiger partial charge in [-0.05, 0) is 5.75 Å². The number of carbonyl (C=O) groups excluding carboxylic acids is 1. The van der Waals surface area contributed by atoms with Gasteiger partial charge in [0.2, 0.25) is 0 Å². The van der Waals surface area contributed by atoms with Crippen molar-refractivity contribution in [3.8, 4) is 0 Å². The number of hydrogen-bond donors (Lipinski definition) is 1. The van der Waals surface area contributed by atoms with Crippen molar-refractivity contribution in [2.45, 2.75) is 25.5 Å². The van der Waals surface area contributed by atoms with Crippen LogP contribution in [-0.2, 0) is 4.79 Å². The predicted octanol–water partition coefficient (Wildman–Crippen LogP) is 1.97. The van der Waals surface area contributed by atoms with E-state index in [1.165, 1.54) is 11.8 Å². The van der Waals surface area contributed by atoms with Crippen molar-refractivity contribution in [2.75, 3.05) is 5.75 Å². The SMILES string of the molecule is CCSC(=O)CC(C)S. The molecule has 0 heterocycles. The lowest BCUT2D eigenvalue weighted by molar-refractivity contribution is -0.110. The van der Waals surface area contributed by atoms with E-state index >= 15 is 0 Å². The third-order valence-corrected chi connectivity index (χ3v) is 1.73. The Balaban J connectivity index is 3.27. The van der Waals surface area contributed by atoms with E-state index in [1.54, 1.807) is 0 Å². The van der Waals surface area contributed by atoms with Crippen molar-refractivity contribution in [3.63, 3.8) is 0 Å². The molecule has 1 unspecified atom stereocenters. The molecule has 0 aromatic carbocycles. The van der Waals surface area contributed by atoms with Crippen LogP contribution in [0.1, 0.15) is 20.3 Å². The first-order valence-electron chi connectivity index (χ1n) is 3.00. The van der Waals surface area contributed by atoms with Crippen molar-refractivity contribution in [1.82, 2.24) is 0 Å².